The first-order valence-corrected chi connectivity index (χ1v) is 5.76. The molecule has 100 valence electrons. The molecular weight excluding hydrogens is 218 g/mol. The molecule has 0 fully saturated rings. The van der Waals surface area contributed by atoms with Crippen molar-refractivity contribution in [2.75, 3.05) is 0 Å². The summed E-state index contributed by atoms with van der Waals surface area (Å²) in [5.74, 6) is -0.910. The first kappa shape index (κ1) is 18.2. The number of aliphatic carboxylic acids is 1. The highest BCUT2D eigenvalue weighted by atomic mass is 16.4. The number of rotatable bonds is 7. The Morgan fingerprint density at radius 2 is 1.94 bits per heavy atom. The monoisotopic (exact) mass is 243 g/mol. The van der Waals surface area contributed by atoms with E-state index in [-0.39, 0.29) is 12.0 Å². The highest BCUT2D eigenvalue weighted by Gasteiger charge is 2.14. The third-order valence-electron chi connectivity index (χ3n) is 2.18. The molecule has 0 aliphatic carbocycles. The predicted octanol–water partition coefficient (Wildman–Crippen LogP) is 1.94. The van der Waals surface area contributed by atoms with Crippen LogP contribution in [-0.4, -0.2) is 28.3 Å². The van der Waals surface area contributed by atoms with Crippen LogP contribution in [0.25, 0.3) is 0 Å². The molecule has 17 heavy (non-hydrogen) atoms. The lowest BCUT2D eigenvalue weighted by molar-refractivity contribution is -0.139. The molecule has 0 radical (unpaired) electrons. The van der Waals surface area contributed by atoms with Crippen LogP contribution in [0.2, 0.25) is 0 Å². The van der Waals surface area contributed by atoms with Crippen molar-refractivity contribution >= 4 is 5.97 Å². The van der Waals surface area contributed by atoms with Gasteiger partial charge in [-0.15, -0.1) is 13.2 Å². The van der Waals surface area contributed by atoms with Gasteiger partial charge in [-0.05, 0) is 25.2 Å². The standard InChI is InChI=1S/C8H14O.C5H11NO2/c1-3-5-6-7-8(9)4-2;1-3(2)4(6)5(7)8/h3-4,8-9H,1-2,5-7H2;3-4H,6H2,1-2H3,(H,7,8)/t;4-/m.0/s1. The van der Waals surface area contributed by atoms with Crippen molar-refractivity contribution in [3.8, 4) is 0 Å². The number of nitrogens with two attached hydrogens (primary N) is 1. The van der Waals surface area contributed by atoms with Gasteiger partial charge in [-0.25, -0.2) is 0 Å². The van der Waals surface area contributed by atoms with E-state index in [1.54, 1.807) is 19.9 Å². The van der Waals surface area contributed by atoms with Crippen LogP contribution in [0.4, 0.5) is 0 Å². The molecule has 0 spiro atoms. The van der Waals surface area contributed by atoms with Crippen LogP contribution < -0.4 is 5.73 Å². The zero-order valence-corrected chi connectivity index (χ0v) is 10.8. The summed E-state index contributed by atoms with van der Waals surface area (Å²) in [6.07, 6.45) is 5.86. The summed E-state index contributed by atoms with van der Waals surface area (Å²) >= 11 is 0. The first-order chi connectivity index (χ1) is 7.86. The Kier molecular flexibility index (Phi) is 12.2. The maximum atomic E-state index is 10.0. The van der Waals surface area contributed by atoms with Crippen LogP contribution in [0.1, 0.15) is 33.1 Å². The zero-order chi connectivity index (χ0) is 13.8. The second-order valence-electron chi connectivity index (χ2n) is 4.13. The summed E-state index contributed by atoms with van der Waals surface area (Å²) in [6, 6.07) is -0.713. The topological polar surface area (TPSA) is 83.5 Å². The van der Waals surface area contributed by atoms with Crippen LogP contribution in [-0.2, 0) is 4.79 Å². The molecule has 0 aromatic carbocycles. The molecule has 0 aromatic heterocycles. The van der Waals surface area contributed by atoms with Crippen molar-refractivity contribution in [3.63, 3.8) is 0 Å². The van der Waals surface area contributed by atoms with Gasteiger partial charge in [-0.3, -0.25) is 4.79 Å². The van der Waals surface area contributed by atoms with Gasteiger partial charge >= 0.3 is 5.97 Å². The predicted molar refractivity (Wildman–Crippen MR) is 70.7 cm³/mol. The van der Waals surface area contributed by atoms with Crippen molar-refractivity contribution in [1.29, 1.82) is 0 Å². The highest BCUT2D eigenvalue weighted by molar-refractivity contribution is 5.73. The van der Waals surface area contributed by atoms with Crippen LogP contribution in [0.3, 0.4) is 0 Å². The van der Waals surface area contributed by atoms with Crippen LogP contribution in [0.5, 0.6) is 0 Å². The van der Waals surface area contributed by atoms with Gasteiger partial charge in [0.2, 0.25) is 0 Å². The van der Waals surface area contributed by atoms with E-state index in [4.69, 9.17) is 15.9 Å². The lowest BCUT2D eigenvalue weighted by Gasteiger charge is -2.07. The largest absolute Gasteiger partial charge is 0.480 e. The fourth-order valence-corrected chi connectivity index (χ4v) is 0.874. The van der Waals surface area contributed by atoms with Crippen molar-refractivity contribution in [2.45, 2.75) is 45.3 Å². The summed E-state index contributed by atoms with van der Waals surface area (Å²) in [5.41, 5.74) is 5.16. The SMILES string of the molecule is C=CCCCC(O)C=C.CC(C)[C@H](N)C(=O)O. The van der Waals surface area contributed by atoms with Crippen molar-refractivity contribution in [3.05, 3.63) is 25.3 Å². The van der Waals surface area contributed by atoms with Crippen molar-refractivity contribution in [2.24, 2.45) is 11.7 Å². The minimum atomic E-state index is -0.931. The van der Waals surface area contributed by atoms with Gasteiger partial charge in [0, 0.05) is 0 Å². The minimum absolute atomic E-state index is 0.0208. The van der Waals surface area contributed by atoms with Gasteiger partial charge in [-0.2, -0.15) is 0 Å². The van der Waals surface area contributed by atoms with Gasteiger partial charge in [0.25, 0.3) is 0 Å². The molecule has 0 saturated carbocycles. The molecule has 0 aromatic rings. The lowest BCUT2D eigenvalue weighted by Crippen LogP contribution is -2.34. The molecule has 4 heteroatoms. The molecule has 0 aliphatic rings. The number of allylic oxidation sites excluding steroid dienone is 1. The second kappa shape index (κ2) is 11.4. The molecule has 0 rings (SSSR count). The number of hydrogen-bond donors (Lipinski definition) is 3. The maximum absolute atomic E-state index is 10.0. The van der Waals surface area contributed by atoms with Gasteiger partial charge in [0.1, 0.15) is 6.04 Å². The maximum Gasteiger partial charge on any atom is 0.320 e. The molecule has 0 saturated heterocycles. The van der Waals surface area contributed by atoms with Gasteiger partial charge in [0.05, 0.1) is 6.10 Å². The fourth-order valence-electron chi connectivity index (χ4n) is 0.874. The number of carbonyl (C=O) groups is 1. The summed E-state index contributed by atoms with van der Waals surface area (Å²) in [5, 5.41) is 17.2. The van der Waals surface area contributed by atoms with Gasteiger partial charge in [-0.1, -0.05) is 26.0 Å². The fraction of sp³-hybridized carbons (Fsp3) is 0.615. The zero-order valence-electron chi connectivity index (χ0n) is 10.8. The third-order valence-corrected chi connectivity index (χ3v) is 2.18. The van der Waals surface area contributed by atoms with E-state index < -0.39 is 12.0 Å². The first-order valence-electron chi connectivity index (χ1n) is 5.76. The molecular formula is C13H25NO3. The van der Waals surface area contributed by atoms with E-state index in [0.717, 1.165) is 19.3 Å². The number of carboxylic acid groups (broad SMARTS) is 1. The van der Waals surface area contributed by atoms with Gasteiger partial charge in [0.15, 0.2) is 0 Å². The second-order valence-corrected chi connectivity index (χ2v) is 4.13. The van der Waals surface area contributed by atoms with Crippen LogP contribution in [0.15, 0.2) is 25.3 Å². The molecule has 1 unspecified atom stereocenters. The Morgan fingerprint density at radius 3 is 2.18 bits per heavy atom. The van der Waals surface area contributed by atoms with Crippen molar-refractivity contribution < 1.29 is 15.0 Å². The number of aliphatic hydroxyl groups excluding tert-OH is 1. The smallest absolute Gasteiger partial charge is 0.320 e. The Balaban J connectivity index is 0. The van der Waals surface area contributed by atoms with Crippen molar-refractivity contribution in [1.82, 2.24) is 0 Å². The van der Waals surface area contributed by atoms with Gasteiger partial charge < -0.3 is 15.9 Å². The van der Waals surface area contributed by atoms with E-state index in [2.05, 4.69) is 13.2 Å². The van der Waals surface area contributed by atoms with Crippen LogP contribution >= 0.6 is 0 Å². The number of aliphatic hydroxyl groups is 1. The molecule has 0 bridgehead atoms. The summed E-state index contributed by atoms with van der Waals surface area (Å²) < 4.78 is 0. The molecule has 0 heterocycles. The van der Waals surface area contributed by atoms with E-state index in [0.29, 0.717) is 0 Å². The lowest BCUT2D eigenvalue weighted by atomic mass is 10.1. The van der Waals surface area contributed by atoms with E-state index >= 15 is 0 Å². The summed E-state index contributed by atoms with van der Waals surface area (Å²) in [6.45, 7) is 10.6. The Bertz CT molecular complexity index is 227. The Labute approximate surface area is 104 Å². The molecule has 0 aliphatic heterocycles. The summed E-state index contributed by atoms with van der Waals surface area (Å²) in [4.78, 5) is 10.0. The molecule has 0 amide bonds. The van der Waals surface area contributed by atoms with E-state index in [1.165, 1.54) is 0 Å². The number of hydrogen-bond acceptors (Lipinski definition) is 3. The van der Waals surface area contributed by atoms with Crippen LogP contribution in [0, 0.1) is 5.92 Å². The Hall–Kier alpha value is -1.13. The Morgan fingerprint density at radius 1 is 1.41 bits per heavy atom. The molecule has 2 atom stereocenters. The minimum Gasteiger partial charge on any atom is -0.480 e. The number of unbranched alkanes of at least 4 members (excludes halogenated alkanes) is 1. The third kappa shape index (κ3) is 12.8. The van der Waals surface area contributed by atoms with E-state index in [1.807, 2.05) is 6.08 Å². The molecule has 4 N–H and O–H groups in total. The molecule has 4 nitrogen and oxygen atoms in total. The normalized spacial score (nSPS) is 13.2. The summed E-state index contributed by atoms with van der Waals surface area (Å²) in [7, 11) is 0. The average molecular weight is 243 g/mol. The highest BCUT2D eigenvalue weighted by Crippen LogP contribution is 2.00. The number of carboxylic acids is 1. The van der Waals surface area contributed by atoms with E-state index in [9.17, 15) is 4.79 Å². The average Bonchev–Trinajstić information content (AvgIpc) is 2.28. The quantitative estimate of drug-likeness (QED) is 0.471.